The molecule has 0 aromatic heterocycles. The summed E-state index contributed by atoms with van der Waals surface area (Å²) < 4.78 is 7.83. The Morgan fingerprint density at radius 1 is 1.73 bits per heavy atom. The molecule has 1 rings (SSSR count). The maximum absolute atomic E-state index is 12.1. The molecule has 0 aromatic rings. The molecule has 0 bridgehead atoms. The Hall–Kier alpha value is -0.590. The predicted octanol–water partition coefficient (Wildman–Crippen LogP) is 3.98. The van der Waals surface area contributed by atoms with E-state index in [0.29, 0.717) is 11.8 Å². The number of rotatable bonds is 5. The van der Waals surface area contributed by atoms with Gasteiger partial charge in [0.05, 0.1) is 0 Å². The molecular weight excluding hydrogens is 184 g/mol. The fraction of sp³-hybridized carbons (Fsp3) is 0.786. The Balaban J connectivity index is 2.78. The van der Waals surface area contributed by atoms with Crippen molar-refractivity contribution in [2.24, 2.45) is 17.3 Å². The van der Waals surface area contributed by atoms with Crippen LogP contribution in [0, 0.1) is 17.3 Å². The van der Waals surface area contributed by atoms with E-state index in [1.807, 2.05) is 6.08 Å². The van der Waals surface area contributed by atoms with Crippen molar-refractivity contribution in [3.63, 3.8) is 0 Å². The van der Waals surface area contributed by atoms with Crippen LogP contribution in [-0.2, 0) is 4.79 Å². The first-order valence-electron chi connectivity index (χ1n) is 6.58. The number of Topliss-reactive ketones (excluding diaryl/α,β-unsaturated/α-hetero) is 1. The second kappa shape index (κ2) is 4.96. The molecule has 1 heteroatoms. The van der Waals surface area contributed by atoms with E-state index in [1.165, 1.54) is 0 Å². The Labute approximate surface area is 95.4 Å². The Bertz CT molecular complexity index is 272. The smallest absolute Gasteiger partial charge is 0.139 e. The second-order valence-corrected chi connectivity index (χ2v) is 5.25. The molecule has 1 aliphatic rings. The minimum absolute atomic E-state index is 0.162. The molecule has 0 saturated heterocycles. The van der Waals surface area contributed by atoms with Crippen LogP contribution < -0.4 is 0 Å². The zero-order valence-electron chi connectivity index (χ0n) is 11.3. The maximum Gasteiger partial charge on any atom is 0.139 e. The van der Waals surface area contributed by atoms with Crippen LogP contribution in [-0.4, -0.2) is 5.78 Å². The fourth-order valence-electron chi connectivity index (χ4n) is 2.84. The van der Waals surface area contributed by atoms with E-state index in [1.54, 1.807) is 0 Å². The summed E-state index contributed by atoms with van der Waals surface area (Å²) in [4.78, 5) is 12.1. The molecule has 0 amide bonds. The largest absolute Gasteiger partial charge is 0.299 e. The first-order valence-corrected chi connectivity index (χ1v) is 6.01. The van der Waals surface area contributed by atoms with Gasteiger partial charge in [-0.05, 0) is 37.5 Å². The zero-order chi connectivity index (χ0) is 12.3. The molecule has 1 fully saturated rings. The first-order chi connectivity index (χ1) is 7.43. The average Bonchev–Trinajstić information content (AvgIpc) is 2.44. The van der Waals surface area contributed by atoms with Crippen molar-refractivity contribution in [3.8, 4) is 0 Å². The number of carbonyl (C=O) groups excluding carboxylic acids is 1. The van der Waals surface area contributed by atoms with Crippen molar-refractivity contribution < 1.29 is 6.17 Å². The van der Waals surface area contributed by atoms with Crippen molar-refractivity contribution in [2.75, 3.05) is 0 Å². The van der Waals surface area contributed by atoms with Gasteiger partial charge >= 0.3 is 0 Å². The Kier molecular flexibility index (Phi) is 3.61. The van der Waals surface area contributed by atoms with Gasteiger partial charge in [-0.1, -0.05) is 26.8 Å². The molecule has 0 N–H and O–H groups in total. The minimum Gasteiger partial charge on any atom is -0.299 e. The summed E-state index contributed by atoms with van der Waals surface area (Å²) in [5, 5.41) is 0. The van der Waals surface area contributed by atoms with Crippen LogP contribution in [0.25, 0.3) is 0 Å². The van der Waals surface area contributed by atoms with Crippen molar-refractivity contribution in [1.29, 1.82) is 0 Å². The van der Waals surface area contributed by atoms with E-state index in [-0.39, 0.29) is 11.2 Å². The molecule has 0 heterocycles. The van der Waals surface area contributed by atoms with Crippen molar-refractivity contribution in [3.05, 3.63) is 12.7 Å². The predicted molar refractivity (Wildman–Crippen MR) is 64.7 cm³/mol. The van der Waals surface area contributed by atoms with Crippen LogP contribution in [0.2, 0.25) is 0 Å². The fourth-order valence-corrected chi connectivity index (χ4v) is 2.84. The van der Waals surface area contributed by atoms with Gasteiger partial charge in [-0.2, -0.15) is 0 Å². The van der Waals surface area contributed by atoms with Gasteiger partial charge in [0.2, 0.25) is 0 Å². The summed E-state index contributed by atoms with van der Waals surface area (Å²) in [6.45, 7) is 10.1. The van der Waals surface area contributed by atoms with E-state index in [0.717, 1.165) is 25.7 Å². The maximum atomic E-state index is 12.1. The quantitative estimate of drug-likeness (QED) is 0.494. The van der Waals surface area contributed by atoms with E-state index >= 15 is 0 Å². The number of hydrogen-bond donors (Lipinski definition) is 0. The third-order valence-corrected chi connectivity index (χ3v) is 3.85. The van der Waals surface area contributed by atoms with Crippen molar-refractivity contribution in [1.82, 2.24) is 0 Å². The molecule has 1 unspecified atom stereocenters. The summed E-state index contributed by atoms with van der Waals surface area (Å²) in [6.07, 6.45) is 5.07. The highest BCUT2D eigenvalue weighted by Crippen LogP contribution is 2.47. The molecule has 15 heavy (non-hydrogen) atoms. The lowest BCUT2D eigenvalue weighted by Gasteiger charge is -2.32. The van der Waals surface area contributed by atoms with Crippen molar-refractivity contribution in [2.45, 2.75) is 52.9 Å². The summed E-state index contributed by atoms with van der Waals surface area (Å²) in [7, 11) is 0. The van der Waals surface area contributed by atoms with E-state index < -0.39 is 6.40 Å². The first kappa shape index (κ1) is 10.9. The number of ketones is 1. The molecule has 1 saturated carbocycles. The third kappa shape index (κ3) is 2.50. The molecule has 1 aliphatic carbocycles. The zero-order valence-corrected chi connectivity index (χ0v) is 10.3. The van der Waals surface area contributed by atoms with Crippen LogP contribution in [0.15, 0.2) is 12.7 Å². The minimum atomic E-state index is -0.485. The monoisotopic (exact) mass is 209 g/mol. The molecule has 86 valence electrons. The Morgan fingerprint density at radius 3 is 2.93 bits per heavy atom. The lowest BCUT2D eigenvalue weighted by atomic mass is 9.70. The van der Waals surface area contributed by atoms with Gasteiger partial charge in [0.1, 0.15) is 5.78 Å². The van der Waals surface area contributed by atoms with E-state index in [2.05, 4.69) is 27.4 Å². The van der Waals surface area contributed by atoms with Gasteiger partial charge < -0.3 is 0 Å². The van der Waals surface area contributed by atoms with Gasteiger partial charge in [0.25, 0.3) is 0 Å². The molecule has 1 nitrogen and oxygen atoms in total. The lowest BCUT2D eigenvalue weighted by Crippen LogP contribution is -2.31. The molecular formula is C14H24O. The van der Waals surface area contributed by atoms with Gasteiger partial charge in [-0.25, -0.2) is 0 Å². The normalized spacial score (nSPS) is 37.1. The standard InChI is InChI=1S/C14H24O/c1-5-6-7-10-14(4)12(11(2)3)8-9-13(14)15/h5,11-12H,1,6-10H2,2-4H3/t12-,14-/m1/s1/i9D/t9?,12-,14-. The summed E-state index contributed by atoms with van der Waals surface area (Å²) in [5.74, 6) is 1.04. The highest BCUT2D eigenvalue weighted by Gasteiger charge is 2.46. The molecule has 0 radical (unpaired) electrons. The van der Waals surface area contributed by atoms with Gasteiger partial charge in [-0.3, -0.25) is 4.79 Å². The van der Waals surface area contributed by atoms with E-state index in [4.69, 9.17) is 1.37 Å². The summed E-state index contributed by atoms with van der Waals surface area (Å²) in [5.41, 5.74) is -0.260. The molecule has 0 spiro atoms. The Morgan fingerprint density at radius 2 is 2.40 bits per heavy atom. The van der Waals surface area contributed by atoms with Gasteiger partial charge in [0.15, 0.2) is 0 Å². The number of carbonyl (C=O) groups is 1. The number of unbranched alkanes of at least 4 members (excludes halogenated alkanes) is 1. The third-order valence-electron chi connectivity index (χ3n) is 3.85. The van der Waals surface area contributed by atoms with Crippen LogP contribution in [0.5, 0.6) is 0 Å². The molecule has 3 atom stereocenters. The van der Waals surface area contributed by atoms with Crippen LogP contribution in [0.1, 0.15) is 54.2 Å². The molecule has 0 aromatic carbocycles. The van der Waals surface area contributed by atoms with Gasteiger partial charge in [0, 0.05) is 13.2 Å². The highest BCUT2D eigenvalue weighted by atomic mass is 16.1. The number of hydrogen-bond acceptors (Lipinski definition) is 1. The summed E-state index contributed by atoms with van der Waals surface area (Å²) in [6, 6.07) is 0. The van der Waals surface area contributed by atoms with Crippen LogP contribution in [0.4, 0.5) is 0 Å². The average molecular weight is 209 g/mol. The van der Waals surface area contributed by atoms with Crippen LogP contribution >= 0.6 is 0 Å². The SMILES string of the molecule is [2H]C1C[C@H](C(C)C)[C@@](C)(CCCC=C)C1=O. The molecule has 0 aliphatic heterocycles. The van der Waals surface area contributed by atoms with Gasteiger partial charge in [-0.15, -0.1) is 6.58 Å². The summed E-state index contributed by atoms with van der Waals surface area (Å²) >= 11 is 0. The van der Waals surface area contributed by atoms with Crippen LogP contribution in [0.3, 0.4) is 0 Å². The highest BCUT2D eigenvalue weighted by molar-refractivity contribution is 5.86. The van der Waals surface area contributed by atoms with E-state index in [9.17, 15) is 4.79 Å². The number of allylic oxidation sites excluding steroid dienone is 1. The van der Waals surface area contributed by atoms with Crippen molar-refractivity contribution >= 4 is 5.78 Å². The second-order valence-electron chi connectivity index (χ2n) is 5.25. The topological polar surface area (TPSA) is 17.1 Å². The lowest BCUT2D eigenvalue weighted by molar-refractivity contribution is -0.127.